The predicted octanol–water partition coefficient (Wildman–Crippen LogP) is 2.31. The molecular formula is C15H21N3. The molecule has 1 aromatic heterocycles. The van der Waals surface area contributed by atoms with Gasteiger partial charge in [0, 0.05) is 24.5 Å². The first-order valence-corrected chi connectivity index (χ1v) is 6.49. The first kappa shape index (κ1) is 13.0. The van der Waals surface area contributed by atoms with Crippen LogP contribution in [-0.2, 0) is 6.54 Å². The number of pyridine rings is 1. The van der Waals surface area contributed by atoms with Gasteiger partial charge in [-0.05, 0) is 18.1 Å². The van der Waals surface area contributed by atoms with Gasteiger partial charge in [-0.25, -0.2) is 0 Å². The highest BCUT2D eigenvalue weighted by Crippen LogP contribution is 2.12. The molecule has 3 heteroatoms. The Morgan fingerprint density at radius 2 is 1.94 bits per heavy atom. The van der Waals surface area contributed by atoms with Crippen molar-refractivity contribution in [3.63, 3.8) is 0 Å². The smallest absolute Gasteiger partial charge is 0.0705 e. The molecule has 1 aromatic carbocycles. The monoisotopic (exact) mass is 243 g/mol. The number of rotatable bonds is 5. The molecule has 3 nitrogen and oxygen atoms in total. The highest BCUT2D eigenvalue weighted by molar-refractivity contribution is 5.78. The third kappa shape index (κ3) is 3.06. The molecule has 0 aliphatic heterocycles. The van der Waals surface area contributed by atoms with Crippen LogP contribution in [0.1, 0.15) is 19.5 Å². The van der Waals surface area contributed by atoms with E-state index in [-0.39, 0.29) is 0 Å². The van der Waals surface area contributed by atoms with Crippen molar-refractivity contribution in [2.24, 2.45) is 11.7 Å². The number of fused-ring (bicyclic) bond motifs is 1. The Bertz CT molecular complexity index is 508. The molecule has 0 radical (unpaired) electrons. The number of hydrogen-bond donors (Lipinski definition) is 2. The molecule has 0 fully saturated rings. The SMILES string of the molecule is CC(C)C(CN)NCc1ccc2ccccc2n1. The van der Waals surface area contributed by atoms with E-state index in [0.717, 1.165) is 17.8 Å². The molecule has 1 atom stereocenters. The fourth-order valence-electron chi connectivity index (χ4n) is 2.03. The lowest BCUT2D eigenvalue weighted by Gasteiger charge is -2.20. The van der Waals surface area contributed by atoms with Crippen LogP contribution in [0.15, 0.2) is 36.4 Å². The fraction of sp³-hybridized carbons (Fsp3) is 0.400. The summed E-state index contributed by atoms with van der Waals surface area (Å²) in [5.74, 6) is 0.537. The van der Waals surface area contributed by atoms with Crippen molar-refractivity contribution in [1.29, 1.82) is 0 Å². The molecule has 0 aliphatic carbocycles. The van der Waals surface area contributed by atoms with E-state index in [2.05, 4.69) is 42.3 Å². The number of hydrogen-bond acceptors (Lipinski definition) is 3. The summed E-state index contributed by atoms with van der Waals surface area (Å²) in [7, 11) is 0. The summed E-state index contributed by atoms with van der Waals surface area (Å²) in [4.78, 5) is 4.64. The lowest BCUT2D eigenvalue weighted by molar-refractivity contribution is 0.403. The molecule has 0 saturated heterocycles. The quantitative estimate of drug-likeness (QED) is 0.847. The molecule has 0 bridgehead atoms. The second-order valence-corrected chi connectivity index (χ2v) is 4.96. The van der Waals surface area contributed by atoms with Crippen LogP contribution in [0.2, 0.25) is 0 Å². The van der Waals surface area contributed by atoms with Crippen LogP contribution in [-0.4, -0.2) is 17.6 Å². The highest BCUT2D eigenvalue weighted by Gasteiger charge is 2.10. The topological polar surface area (TPSA) is 50.9 Å². The molecule has 0 aliphatic rings. The van der Waals surface area contributed by atoms with Crippen molar-refractivity contribution in [3.8, 4) is 0 Å². The minimum atomic E-state index is 0.346. The zero-order valence-corrected chi connectivity index (χ0v) is 11.1. The average Bonchev–Trinajstić information content (AvgIpc) is 2.39. The number of aromatic nitrogens is 1. The Morgan fingerprint density at radius 3 is 2.67 bits per heavy atom. The lowest BCUT2D eigenvalue weighted by atomic mass is 10.0. The Kier molecular flexibility index (Phi) is 4.28. The summed E-state index contributed by atoms with van der Waals surface area (Å²) in [6.45, 7) is 5.78. The van der Waals surface area contributed by atoms with Gasteiger partial charge in [0.25, 0.3) is 0 Å². The number of para-hydroxylation sites is 1. The van der Waals surface area contributed by atoms with Gasteiger partial charge < -0.3 is 11.1 Å². The van der Waals surface area contributed by atoms with Crippen molar-refractivity contribution in [2.45, 2.75) is 26.4 Å². The van der Waals surface area contributed by atoms with Gasteiger partial charge in [-0.2, -0.15) is 0 Å². The Morgan fingerprint density at radius 1 is 1.17 bits per heavy atom. The number of benzene rings is 1. The maximum atomic E-state index is 5.75. The molecular weight excluding hydrogens is 222 g/mol. The van der Waals surface area contributed by atoms with Crippen LogP contribution in [0.3, 0.4) is 0 Å². The van der Waals surface area contributed by atoms with Gasteiger partial charge in [0.05, 0.1) is 11.2 Å². The Hall–Kier alpha value is -1.45. The molecule has 3 N–H and O–H groups in total. The van der Waals surface area contributed by atoms with Crippen LogP contribution < -0.4 is 11.1 Å². The summed E-state index contributed by atoms with van der Waals surface area (Å²) >= 11 is 0. The normalized spacial score (nSPS) is 13.1. The van der Waals surface area contributed by atoms with E-state index in [0.29, 0.717) is 18.5 Å². The van der Waals surface area contributed by atoms with E-state index in [1.165, 1.54) is 5.39 Å². The first-order chi connectivity index (χ1) is 8.70. The Balaban J connectivity index is 2.07. The fourth-order valence-corrected chi connectivity index (χ4v) is 2.03. The van der Waals surface area contributed by atoms with Gasteiger partial charge in [0.15, 0.2) is 0 Å². The highest BCUT2D eigenvalue weighted by atomic mass is 15.0. The maximum absolute atomic E-state index is 5.75. The molecule has 2 aromatic rings. The first-order valence-electron chi connectivity index (χ1n) is 6.49. The van der Waals surface area contributed by atoms with Gasteiger partial charge in [-0.15, -0.1) is 0 Å². The second-order valence-electron chi connectivity index (χ2n) is 4.96. The molecule has 2 rings (SSSR count). The van der Waals surface area contributed by atoms with E-state index in [4.69, 9.17) is 5.73 Å². The largest absolute Gasteiger partial charge is 0.329 e. The summed E-state index contributed by atoms with van der Waals surface area (Å²) < 4.78 is 0. The second kappa shape index (κ2) is 5.94. The Labute approximate surface area is 108 Å². The summed E-state index contributed by atoms with van der Waals surface area (Å²) in [5, 5.41) is 4.64. The lowest BCUT2D eigenvalue weighted by Crippen LogP contribution is -2.39. The molecule has 0 amide bonds. The standard InChI is InChI=1S/C15H21N3/c1-11(2)15(9-16)17-10-13-8-7-12-5-3-4-6-14(12)18-13/h3-8,11,15,17H,9-10,16H2,1-2H3. The molecule has 0 spiro atoms. The van der Waals surface area contributed by atoms with Gasteiger partial charge in [-0.3, -0.25) is 4.98 Å². The van der Waals surface area contributed by atoms with Crippen molar-refractivity contribution in [3.05, 3.63) is 42.1 Å². The molecule has 1 unspecified atom stereocenters. The number of nitrogens with one attached hydrogen (secondary N) is 1. The van der Waals surface area contributed by atoms with E-state index < -0.39 is 0 Å². The summed E-state index contributed by atoms with van der Waals surface area (Å²) in [5.41, 5.74) is 7.86. The van der Waals surface area contributed by atoms with Crippen molar-refractivity contribution < 1.29 is 0 Å². The zero-order chi connectivity index (χ0) is 13.0. The molecule has 1 heterocycles. The number of nitrogens with zero attached hydrogens (tertiary/aromatic N) is 1. The third-order valence-corrected chi connectivity index (χ3v) is 3.26. The van der Waals surface area contributed by atoms with Gasteiger partial charge in [-0.1, -0.05) is 38.1 Å². The maximum Gasteiger partial charge on any atom is 0.0705 e. The van der Waals surface area contributed by atoms with Crippen LogP contribution in [0.25, 0.3) is 10.9 Å². The number of nitrogens with two attached hydrogens (primary N) is 1. The average molecular weight is 243 g/mol. The van der Waals surface area contributed by atoms with Crippen LogP contribution in [0.5, 0.6) is 0 Å². The van der Waals surface area contributed by atoms with Crippen molar-refractivity contribution in [2.75, 3.05) is 6.54 Å². The summed E-state index contributed by atoms with van der Waals surface area (Å²) in [6.07, 6.45) is 0. The van der Waals surface area contributed by atoms with Crippen molar-refractivity contribution in [1.82, 2.24) is 10.3 Å². The van der Waals surface area contributed by atoms with Crippen molar-refractivity contribution >= 4 is 10.9 Å². The van der Waals surface area contributed by atoms with Crippen LogP contribution in [0, 0.1) is 5.92 Å². The van der Waals surface area contributed by atoms with Crippen LogP contribution in [0.4, 0.5) is 0 Å². The van der Waals surface area contributed by atoms with Crippen LogP contribution >= 0.6 is 0 Å². The molecule has 0 saturated carbocycles. The van der Waals surface area contributed by atoms with E-state index in [9.17, 15) is 0 Å². The van der Waals surface area contributed by atoms with E-state index >= 15 is 0 Å². The van der Waals surface area contributed by atoms with Gasteiger partial charge in [0.1, 0.15) is 0 Å². The summed E-state index contributed by atoms with van der Waals surface area (Å²) in [6, 6.07) is 12.7. The molecule has 18 heavy (non-hydrogen) atoms. The van der Waals surface area contributed by atoms with Gasteiger partial charge >= 0.3 is 0 Å². The zero-order valence-electron chi connectivity index (χ0n) is 11.1. The third-order valence-electron chi connectivity index (χ3n) is 3.26. The van der Waals surface area contributed by atoms with E-state index in [1.807, 2.05) is 18.2 Å². The predicted molar refractivity (Wildman–Crippen MR) is 76.3 cm³/mol. The van der Waals surface area contributed by atoms with E-state index in [1.54, 1.807) is 0 Å². The molecule has 96 valence electrons. The minimum absolute atomic E-state index is 0.346. The van der Waals surface area contributed by atoms with Gasteiger partial charge in [0.2, 0.25) is 0 Å². The minimum Gasteiger partial charge on any atom is -0.329 e.